The van der Waals surface area contributed by atoms with E-state index >= 15 is 0 Å². The molecule has 0 saturated heterocycles. The Labute approximate surface area is 168 Å². The highest BCUT2D eigenvalue weighted by atomic mass is 32.2. The van der Waals surface area contributed by atoms with Crippen LogP contribution in [0.2, 0.25) is 0 Å². The summed E-state index contributed by atoms with van der Waals surface area (Å²) >= 11 is 1.56. The molecule has 0 bridgehead atoms. The third kappa shape index (κ3) is 4.21. The van der Waals surface area contributed by atoms with E-state index in [9.17, 15) is 10.1 Å². The fourth-order valence-corrected chi connectivity index (χ4v) is 4.15. The van der Waals surface area contributed by atoms with Gasteiger partial charge in [-0.2, -0.15) is 5.26 Å². The summed E-state index contributed by atoms with van der Waals surface area (Å²) in [7, 11) is 0. The van der Waals surface area contributed by atoms with Crippen molar-refractivity contribution in [2.24, 2.45) is 5.41 Å². The van der Waals surface area contributed by atoms with Crippen LogP contribution in [0.25, 0.3) is 16.7 Å². The Bertz CT molecular complexity index is 1060. The van der Waals surface area contributed by atoms with Crippen molar-refractivity contribution in [3.63, 3.8) is 0 Å². The van der Waals surface area contributed by atoms with Gasteiger partial charge in [0.05, 0.1) is 22.4 Å². The van der Waals surface area contributed by atoms with E-state index in [-0.39, 0.29) is 11.0 Å². The molecule has 0 N–H and O–H groups in total. The first kappa shape index (κ1) is 20.4. The van der Waals surface area contributed by atoms with Crippen molar-refractivity contribution in [3.05, 3.63) is 34.6 Å². The molecule has 28 heavy (non-hydrogen) atoms. The van der Waals surface area contributed by atoms with Gasteiger partial charge in [0.2, 0.25) is 5.78 Å². The first-order valence-electron chi connectivity index (χ1n) is 9.47. The lowest BCUT2D eigenvalue weighted by atomic mass is 9.93. The van der Waals surface area contributed by atoms with Crippen molar-refractivity contribution in [1.82, 2.24) is 19.2 Å². The van der Waals surface area contributed by atoms with Crippen LogP contribution < -0.4 is 5.56 Å². The maximum absolute atomic E-state index is 13.0. The first-order valence-corrected chi connectivity index (χ1v) is 10.5. The quantitative estimate of drug-likeness (QED) is 0.404. The van der Waals surface area contributed by atoms with E-state index < -0.39 is 0 Å². The Morgan fingerprint density at radius 2 is 2.07 bits per heavy atom. The number of nitrogens with zero attached hydrogens (tertiary/aromatic N) is 5. The smallest absolute Gasteiger partial charge is 0.262 e. The van der Waals surface area contributed by atoms with Gasteiger partial charge in [-0.3, -0.25) is 13.8 Å². The van der Waals surface area contributed by atoms with Gasteiger partial charge in [-0.15, -0.1) is 10.2 Å². The number of hydrogen-bond acceptors (Lipinski definition) is 6. The van der Waals surface area contributed by atoms with Crippen molar-refractivity contribution < 1.29 is 4.74 Å². The molecule has 0 aliphatic rings. The zero-order valence-corrected chi connectivity index (χ0v) is 17.3. The minimum absolute atomic E-state index is 0.0610. The Kier molecular flexibility index (Phi) is 6.37. The fourth-order valence-electron chi connectivity index (χ4n) is 2.95. The molecule has 1 aromatic carbocycles. The van der Waals surface area contributed by atoms with Gasteiger partial charge in [-0.05, 0) is 45.7 Å². The maximum atomic E-state index is 13.0. The van der Waals surface area contributed by atoms with Crippen LogP contribution in [0, 0.1) is 16.7 Å². The number of rotatable bonds is 9. The molecule has 0 atom stereocenters. The van der Waals surface area contributed by atoms with Crippen LogP contribution >= 0.6 is 11.8 Å². The summed E-state index contributed by atoms with van der Waals surface area (Å²) in [6, 6.07) is 9.86. The summed E-state index contributed by atoms with van der Waals surface area (Å²) in [5.41, 5.74) is 0.362. The number of hydrogen-bond donors (Lipinski definition) is 0. The van der Waals surface area contributed by atoms with Crippen molar-refractivity contribution in [2.45, 2.75) is 45.3 Å². The predicted molar refractivity (Wildman–Crippen MR) is 111 cm³/mol. The zero-order chi connectivity index (χ0) is 20.1. The highest BCUT2D eigenvalue weighted by Gasteiger charge is 2.19. The average molecular weight is 400 g/mol. The summed E-state index contributed by atoms with van der Waals surface area (Å²) < 4.78 is 9.03. The standard InChI is InChI=1S/C20H25N5O2S/c1-4-27-12-7-11-24-17(26)15-8-5-6-9-16(15)25-18(24)22-23-19(25)28-13-10-20(2,3)14-21/h5-6,8-9H,4,7,10-13H2,1-3H3. The summed E-state index contributed by atoms with van der Waals surface area (Å²) in [6.45, 7) is 7.60. The molecule has 0 radical (unpaired) electrons. The molecule has 0 amide bonds. The molecule has 0 aliphatic heterocycles. The summed E-state index contributed by atoms with van der Waals surface area (Å²) in [4.78, 5) is 13.0. The van der Waals surface area contributed by atoms with Gasteiger partial charge >= 0.3 is 0 Å². The normalized spacial score (nSPS) is 11.9. The Balaban J connectivity index is 2.00. The van der Waals surface area contributed by atoms with Crippen molar-refractivity contribution in [1.29, 1.82) is 5.26 Å². The molecule has 2 aromatic heterocycles. The number of fused-ring (bicyclic) bond motifs is 3. The number of ether oxygens (including phenoxy) is 1. The highest BCUT2D eigenvalue weighted by Crippen LogP contribution is 2.26. The summed E-state index contributed by atoms with van der Waals surface area (Å²) in [5, 5.41) is 19.2. The second-order valence-electron chi connectivity index (χ2n) is 7.24. The predicted octanol–water partition coefficient (Wildman–Crippen LogP) is 3.50. The molecular formula is C20H25N5O2S. The number of aryl methyl sites for hydroxylation is 1. The number of nitriles is 1. The number of para-hydroxylation sites is 1. The zero-order valence-electron chi connectivity index (χ0n) is 16.5. The van der Waals surface area contributed by atoms with E-state index in [0.29, 0.717) is 30.9 Å². The molecule has 148 valence electrons. The van der Waals surface area contributed by atoms with Gasteiger partial charge in [0.15, 0.2) is 5.16 Å². The minimum Gasteiger partial charge on any atom is -0.382 e. The van der Waals surface area contributed by atoms with Gasteiger partial charge in [0.25, 0.3) is 5.56 Å². The van der Waals surface area contributed by atoms with Crippen molar-refractivity contribution in [2.75, 3.05) is 19.0 Å². The summed E-state index contributed by atoms with van der Waals surface area (Å²) in [5.74, 6) is 1.29. The van der Waals surface area contributed by atoms with E-state index in [4.69, 9.17) is 4.74 Å². The molecule has 0 aliphatic carbocycles. The van der Waals surface area contributed by atoms with E-state index in [0.717, 1.165) is 29.3 Å². The molecule has 0 unspecified atom stereocenters. The van der Waals surface area contributed by atoms with Crippen LogP contribution in [0.4, 0.5) is 0 Å². The van der Waals surface area contributed by atoms with Crippen LogP contribution in [-0.2, 0) is 11.3 Å². The van der Waals surface area contributed by atoms with Crippen LogP contribution in [0.5, 0.6) is 0 Å². The molecule has 0 spiro atoms. The summed E-state index contributed by atoms with van der Waals surface area (Å²) in [6.07, 6.45) is 1.47. The fraction of sp³-hybridized carbons (Fsp3) is 0.500. The lowest BCUT2D eigenvalue weighted by Gasteiger charge is -2.14. The van der Waals surface area contributed by atoms with E-state index in [1.54, 1.807) is 16.3 Å². The van der Waals surface area contributed by atoms with Crippen LogP contribution in [0.1, 0.15) is 33.6 Å². The monoisotopic (exact) mass is 399 g/mol. The van der Waals surface area contributed by atoms with Crippen molar-refractivity contribution >= 4 is 28.4 Å². The van der Waals surface area contributed by atoms with E-state index in [1.165, 1.54) is 0 Å². The van der Waals surface area contributed by atoms with Gasteiger partial charge in [0, 0.05) is 25.5 Å². The molecule has 0 fully saturated rings. The second-order valence-corrected chi connectivity index (χ2v) is 8.30. The van der Waals surface area contributed by atoms with Gasteiger partial charge in [-0.25, -0.2) is 0 Å². The lowest BCUT2D eigenvalue weighted by molar-refractivity contribution is 0.141. The third-order valence-corrected chi connectivity index (χ3v) is 5.54. The van der Waals surface area contributed by atoms with E-state index in [1.807, 2.05) is 49.4 Å². The third-order valence-electron chi connectivity index (χ3n) is 4.61. The molecule has 0 saturated carbocycles. The Morgan fingerprint density at radius 3 is 2.82 bits per heavy atom. The largest absolute Gasteiger partial charge is 0.382 e. The SMILES string of the molecule is CCOCCCn1c(=O)c2ccccc2n2c(SCCC(C)(C)C#N)nnc12. The molecule has 8 heteroatoms. The second kappa shape index (κ2) is 8.76. The van der Waals surface area contributed by atoms with Crippen LogP contribution in [0.15, 0.2) is 34.2 Å². The molecule has 7 nitrogen and oxygen atoms in total. The van der Waals surface area contributed by atoms with Crippen LogP contribution in [0.3, 0.4) is 0 Å². The number of benzene rings is 1. The lowest BCUT2D eigenvalue weighted by Crippen LogP contribution is -2.24. The van der Waals surface area contributed by atoms with Gasteiger partial charge in [0.1, 0.15) is 0 Å². The minimum atomic E-state index is -0.378. The Morgan fingerprint density at radius 1 is 1.29 bits per heavy atom. The van der Waals surface area contributed by atoms with E-state index in [2.05, 4.69) is 16.3 Å². The molecule has 3 aromatic rings. The topological polar surface area (TPSA) is 85.2 Å². The average Bonchev–Trinajstić information content (AvgIpc) is 3.11. The van der Waals surface area contributed by atoms with Crippen molar-refractivity contribution in [3.8, 4) is 6.07 Å². The number of aromatic nitrogens is 4. The molecule has 3 rings (SSSR count). The number of thioether (sulfide) groups is 1. The highest BCUT2D eigenvalue weighted by molar-refractivity contribution is 7.99. The van der Waals surface area contributed by atoms with Crippen LogP contribution in [-0.4, -0.2) is 38.1 Å². The Hall–Kier alpha value is -2.37. The molecular weight excluding hydrogens is 374 g/mol. The first-order chi connectivity index (χ1) is 13.5. The van der Waals surface area contributed by atoms with Gasteiger partial charge < -0.3 is 4.74 Å². The van der Waals surface area contributed by atoms with Gasteiger partial charge in [-0.1, -0.05) is 23.9 Å². The maximum Gasteiger partial charge on any atom is 0.262 e. The molecule has 2 heterocycles.